The van der Waals surface area contributed by atoms with Gasteiger partial charge in [-0.15, -0.1) is 10.2 Å². The van der Waals surface area contributed by atoms with Gasteiger partial charge in [-0.2, -0.15) is 0 Å². The van der Waals surface area contributed by atoms with Crippen molar-refractivity contribution in [1.29, 1.82) is 0 Å². The van der Waals surface area contributed by atoms with Crippen LogP contribution < -0.4 is 21.5 Å². The van der Waals surface area contributed by atoms with Gasteiger partial charge in [-0.25, -0.2) is 9.78 Å². The van der Waals surface area contributed by atoms with Crippen LogP contribution in [0.3, 0.4) is 0 Å². The molecule has 5 N–H and O–H groups in total. The molecule has 0 unspecified atom stereocenters. The number of piperidine rings is 1. The number of nitrogens with one attached hydrogen (secondary N) is 1. The van der Waals surface area contributed by atoms with Gasteiger partial charge in [0.15, 0.2) is 11.6 Å². The van der Waals surface area contributed by atoms with Crippen molar-refractivity contribution >= 4 is 34.9 Å². The average molecular weight is 411 g/mol. The molecule has 2 heterocycles. The van der Waals surface area contributed by atoms with Gasteiger partial charge in [0.1, 0.15) is 23.2 Å². The first-order chi connectivity index (χ1) is 14.5. The number of para-hydroxylation sites is 1. The number of aromatic nitrogens is 1. The van der Waals surface area contributed by atoms with Gasteiger partial charge in [0.2, 0.25) is 5.91 Å². The van der Waals surface area contributed by atoms with Crippen LogP contribution in [0.1, 0.15) is 19.3 Å². The van der Waals surface area contributed by atoms with Crippen molar-refractivity contribution in [2.75, 3.05) is 31.2 Å². The molecule has 3 rings (SSSR count). The van der Waals surface area contributed by atoms with Crippen LogP contribution in [0.25, 0.3) is 0 Å². The van der Waals surface area contributed by atoms with Crippen LogP contribution in [-0.2, 0) is 9.59 Å². The maximum atomic E-state index is 12.6. The number of carbonyl (C=O) groups excluding carboxylic acids is 2. The van der Waals surface area contributed by atoms with Crippen molar-refractivity contribution < 1.29 is 14.3 Å². The molecule has 0 bridgehead atoms. The Morgan fingerprint density at radius 2 is 1.97 bits per heavy atom. The van der Waals surface area contributed by atoms with Gasteiger partial charge in [0.05, 0.1) is 6.54 Å². The summed E-state index contributed by atoms with van der Waals surface area (Å²) in [6.07, 6.45) is 2.85. The number of pyridine rings is 1. The molecule has 1 aliphatic rings. The third-order valence-electron chi connectivity index (χ3n) is 4.74. The molecule has 0 spiro atoms. The molecule has 1 atom stereocenters. The lowest BCUT2D eigenvalue weighted by molar-refractivity contribution is -0.141. The van der Waals surface area contributed by atoms with Crippen LogP contribution in [0, 0.1) is 0 Å². The van der Waals surface area contributed by atoms with Crippen molar-refractivity contribution in [2.45, 2.75) is 25.3 Å². The standard InChI is InChI=1S/C20H25N7O3/c1-27-11-5-4-7-15(27)20(29)30-16-8-3-2-6-13(16)25-26-14-9-10-17(24-19(14)22)23-18(28)12-21/h2-3,6,8-10,15H,4-5,7,11-12,21H2,1H3,(H3,22,23,24,28)/b26-25+/t15-/m0/s1. The highest BCUT2D eigenvalue weighted by Crippen LogP contribution is 2.31. The zero-order chi connectivity index (χ0) is 21.5. The largest absolute Gasteiger partial charge is 0.423 e. The first-order valence-corrected chi connectivity index (χ1v) is 9.67. The Bertz CT molecular complexity index is 948. The average Bonchev–Trinajstić information content (AvgIpc) is 2.74. The minimum atomic E-state index is -0.379. The van der Waals surface area contributed by atoms with Crippen LogP contribution in [-0.4, -0.2) is 47.9 Å². The molecular formula is C20H25N7O3. The third-order valence-corrected chi connectivity index (χ3v) is 4.74. The third kappa shape index (κ3) is 5.37. The summed E-state index contributed by atoms with van der Waals surface area (Å²) in [4.78, 5) is 30.0. The number of amides is 1. The quantitative estimate of drug-likeness (QED) is 0.375. The van der Waals surface area contributed by atoms with Crippen LogP contribution >= 0.6 is 0 Å². The number of hydrogen-bond acceptors (Lipinski definition) is 9. The number of benzene rings is 1. The molecule has 1 aromatic heterocycles. The number of esters is 1. The topological polar surface area (TPSA) is 148 Å². The second-order valence-electron chi connectivity index (χ2n) is 6.93. The minimum absolute atomic E-state index is 0.0897. The maximum Gasteiger partial charge on any atom is 0.328 e. The highest BCUT2D eigenvalue weighted by atomic mass is 16.5. The van der Waals surface area contributed by atoms with Gasteiger partial charge in [0.25, 0.3) is 0 Å². The van der Waals surface area contributed by atoms with E-state index in [2.05, 4.69) is 20.5 Å². The number of likely N-dealkylation sites (N-methyl/N-ethyl adjacent to an activating group) is 1. The Kier molecular flexibility index (Phi) is 7.04. The SMILES string of the molecule is CN1CCCC[C@H]1C(=O)Oc1ccccc1/N=N/c1ccc(NC(=O)CN)nc1N. The summed E-state index contributed by atoms with van der Waals surface area (Å²) in [7, 11) is 1.92. The fourth-order valence-corrected chi connectivity index (χ4v) is 3.10. The highest BCUT2D eigenvalue weighted by Gasteiger charge is 2.28. The molecule has 158 valence electrons. The predicted octanol–water partition coefficient (Wildman–Crippen LogP) is 2.37. The molecule has 0 aliphatic carbocycles. The zero-order valence-corrected chi connectivity index (χ0v) is 16.7. The van der Waals surface area contributed by atoms with E-state index in [0.29, 0.717) is 17.1 Å². The van der Waals surface area contributed by atoms with Gasteiger partial charge >= 0.3 is 5.97 Å². The lowest BCUT2D eigenvalue weighted by Gasteiger charge is -2.30. The number of likely N-dealkylation sites (tertiary alicyclic amines) is 1. The highest BCUT2D eigenvalue weighted by molar-refractivity contribution is 5.91. The van der Waals surface area contributed by atoms with E-state index < -0.39 is 0 Å². The Labute approximate surface area is 174 Å². The fourth-order valence-electron chi connectivity index (χ4n) is 3.10. The normalized spacial score (nSPS) is 17.1. The first kappa shape index (κ1) is 21.3. The maximum absolute atomic E-state index is 12.6. The van der Waals surface area contributed by atoms with E-state index in [-0.39, 0.29) is 36.1 Å². The van der Waals surface area contributed by atoms with Crippen molar-refractivity contribution in [3.05, 3.63) is 36.4 Å². The van der Waals surface area contributed by atoms with E-state index in [0.717, 1.165) is 25.8 Å². The summed E-state index contributed by atoms with van der Waals surface area (Å²) in [5, 5.41) is 10.8. The number of azo groups is 1. The molecule has 30 heavy (non-hydrogen) atoms. The number of nitrogens with two attached hydrogens (primary N) is 2. The van der Waals surface area contributed by atoms with Gasteiger partial charge in [-0.3, -0.25) is 9.69 Å². The molecule has 2 aromatic rings. The monoisotopic (exact) mass is 411 g/mol. The van der Waals surface area contributed by atoms with E-state index in [9.17, 15) is 9.59 Å². The number of rotatable bonds is 6. The Morgan fingerprint density at radius 3 is 2.70 bits per heavy atom. The second-order valence-corrected chi connectivity index (χ2v) is 6.93. The summed E-state index contributed by atoms with van der Waals surface area (Å²) in [6.45, 7) is 0.713. The first-order valence-electron chi connectivity index (χ1n) is 9.67. The van der Waals surface area contributed by atoms with E-state index in [1.54, 1.807) is 36.4 Å². The summed E-state index contributed by atoms with van der Waals surface area (Å²) in [6, 6.07) is 9.74. The van der Waals surface area contributed by atoms with Crippen LogP contribution in [0.5, 0.6) is 5.75 Å². The Hall–Kier alpha value is -3.37. The van der Waals surface area contributed by atoms with E-state index >= 15 is 0 Å². The van der Waals surface area contributed by atoms with Crippen LogP contribution in [0.15, 0.2) is 46.6 Å². The number of nitrogen functional groups attached to an aromatic ring is 1. The Morgan fingerprint density at radius 1 is 1.20 bits per heavy atom. The zero-order valence-electron chi connectivity index (χ0n) is 16.7. The molecule has 0 radical (unpaired) electrons. The molecule has 1 aliphatic heterocycles. The molecule has 1 aromatic carbocycles. The van der Waals surface area contributed by atoms with Crippen LogP contribution in [0.2, 0.25) is 0 Å². The number of nitrogens with zero attached hydrogens (tertiary/aromatic N) is 4. The van der Waals surface area contributed by atoms with Gasteiger partial charge < -0.3 is 21.5 Å². The molecule has 1 fully saturated rings. The number of ether oxygens (including phenoxy) is 1. The van der Waals surface area contributed by atoms with Gasteiger partial charge in [0, 0.05) is 0 Å². The molecular weight excluding hydrogens is 386 g/mol. The minimum Gasteiger partial charge on any atom is -0.423 e. The molecule has 10 heteroatoms. The lowest BCUT2D eigenvalue weighted by Crippen LogP contribution is -2.44. The molecule has 1 amide bonds. The van der Waals surface area contributed by atoms with Gasteiger partial charge in [-0.05, 0) is 50.7 Å². The van der Waals surface area contributed by atoms with E-state index in [1.807, 2.05) is 11.9 Å². The second kappa shape index (κ2) is 9.90. The summed E-state index contributed by atoms with van der Waals surface area (Å²) >= 11 is 0. The number of hydrogen-bond donors (Lipinski definition) is 3. The fraction of sp³-hybridized carbons (Fsp3) is 0.350. The number of carbonyl (C=O) groups is 2. The smallest absolute Gasteiger partial charge is 0.328 e. The van der Waals surface area contributed by atoms with Crippen LogP contribution in [0.4, 0.5) is 23.0 Å². The number of anilines is 2. The van der Waals surface area contributed by atoms with Crippen molar-refractivity contribution in [3.63, 3.8) is 0 Å². The molecule has 0 saturated carbocycles. The van der Waals surface area contributed by atoms with Crippen molar-refractivity contribution in [1.82, 2.24) is 9.88 Å². The summed E-state index contributed by atoms with van der Waals surface area (Å²) < 4.78 is 5.61. The predicted molar refractivity (Wildman–Crippen MR) is 113 cm³/mol. The molecule has 10 nitrogen and oxygen atoms in total. The van der Waals surface area contributed by atoms with E-state index in [1.165, 1.54) is 0 Å². The Balaban J connectivity index is 1.73. The summed E-state index contributed by atoms with van der Waals surface area (Å²) in [5.74, 6) is -0.0000444. The van der Waals surface area contributed by atoms with Crippen molar-refractivity contribution in [2.24, 2.45) is 16.0 Å². The van der Waals surface area contributed by atoms with Crippen molar-refractivity contribution in [3.8, 4) is 5.75 Å². The van der Waals surface area contributed by atoms with Gasteiger partial charge in [-0.1, -0.05) is 18.6 Å². The van der Waals surface area contributed by atoms with E-state index in [4.69, 9.17) is 16.2 Å². The summed E-state index contributed by atoms with van der Waals surface area (Å²) in [5.41, 5.74) is 11.9. The molecule has 1 saturated heterocycles. The lowest BCUT2D eigenvalue weighted by atomic mass is 10.0.